The van der Waals surface area contributed by atoms with Crippen LogP contribution < -0.4 is 15.5 Å². The maximum absolute atomic E-state index is 13.0. The van der Waals surface area contributed by atoms with Crippen molar-refractivity contribution in [1.82, 2.24) is 5.32 Å². The summed E-state index contributed by atoms with van der Waals surface area (Å²) in [6, 6.07) is 22.4. The molecular weight excluding hydrogens is 414 g/mol. The first-order valence-corrected chi connectivity index (χ1v) is 11.0. The molecule has 0 radical (unpaired) electrons. The first-order valence-electron chi connectivity index (χ1n) is 11.0. The summed E-state index contributed by atoms with van der Waals surface area (Å²) >= 11 is 0. The average molecular weight is 442 g/mol. The van der Waals surface area contributed by atoms with E-state index in [-0.39, 0.29) is 24.1 Å². The van der Waals surface area contributed by atoms with Crippen molar-refractivity contribution >= 4 is 29.1 Å². The molecule has 1 aliphatic rings. The summed E-state index contributed by atoms with van der Waals surface area (Å²) in [5.41, 5.74) is 4.87. The fourth-order valence-corrected chi connectivity index (χ4v) is 3.92. The quantitative estimate of drug-likeness (QED) is 0.601. The van der Waals surface area contributed by atoms with E-state index >= 15 is 0 Å². The summed E-state index contributed by atoms with van der Waals surface area (Å²) in [5, 5.41) is 5.76. The first-order chi connectivity index (χ1) is 15.9. The maximum atomic E-state index is 13.0. The van der Waals surface area contributed by atoms with Crippen LogP contribution in [0.25, 0.3) is 0 Å². The van der Waals surface area contributed by atoms with Crippen molar-refractivity contribution < 1.29 is 14.4 Å². The lowest BCUT2D eigenvalue weighted by molar-refractivity contribution is -0.122. The average Bonchev–Trinajstić information content (AvgIpc) is 3.22. The number of amides is 3. The molecule has 0 spiro atoms. The number of carbonyl (C=O) groups is 3. The van der Waals surface area contributed by atoms with E-state index in [1.807, 2.05) is 62.4 Å². The Kier molecular flexibility index (Phi) is 6.54. The lowest BCUT2D eigenvalue weighted by Gasteiger charge is -2.18. The minimum absolute atomic E-state index is 0.0766. The second-order valence-electron chi connectivity index (χ2n) is 8.38. The molecule has 3 aromatic carbocycles. The SMILES string of the molecule is Cc1ccc(N2C[C@H](C(=O)Nc3ccccc3C(=O)NCc3ccccc3)CC2=O)cc1C. The molecule has 1 atom stereocenters. The van der Waals surface area contributed by atoms with Gasteiger partial charge in [-0.25, -0.2) is 0 Å². The highest BCUT2D eigenvalue weighted by Crippen LogP contribution is 2.28. The Morgan fingerprint density at radius 3 is 2.42 bits per heavy atom. The van der Waals surface area contributed by atoms with E-state index in [0.29, 0.717) is 24.3 Å². The molecule has 6 nitrogen and oxygen atoms in total. The molecule has 0 aliphatic carbocycles. The molecule has 0 aromatic heterocycles. The van der Waals surface area contributed by atoms with Gasteiger partial charge in [-0.2, -0.15) is 0 Å². The van der Waals surface area contributed by atoms with Crippen LogP contribution in [0.15, 0.2) is 72.8 Å². The van der Waals surface area contributed by atoms with E-state index in [1.54, 1.807) is 29.2 Å². The molecule has 0 bridgehead atoms. The molecule has 0 saturated carbocycles. The van der Waals surface area contributed by atoms with Crippen LogP contribution in [0.1, 0.15) is 33.5 Å². The summed E-state index contributed by atoms with van der Waals surface area (Å²) < 4.78 is 0. The van der Waals surface area contributed by atoms with Crippen molar-refractivity contribution in [2.24, 2.45) is 5.92 Å². The predicted octanol–water partition coefficient (Wildman–Crippen LogP) is 4.23. The second kappa shape index (κ2) is 9.69. The summed E-state index contributed by atoms with van der Waals surface area (Å²) in [7, 11) is 0. The van der Waals surface area contributed by atoms with E-state index in [9.17, 15) is 14.4 Å². The Hall–Kier alpha value is -3.93. The first kappa shape index (κ1) is 22.3. The molecule has 33 heavy (non-hydrogen) atoms. The number of nitrogens with one attached hydrogen (secondary N) is 2. The third-order valence-electron chi connectivity index (χ3n) is 6.02. The van der Waals surface area contributed by atoms with E-state index < -0.39 is 5.92 Å². The number of nitrogens with zero attached hydrogens (tertiary/aromatic N) is 1. The van der Waals surface area contributed by atoms with Gasteiger partial charge in [0, 0.05) is 25.2 Å². The normalized spacial score (nSPS) is 15.4. The van der Waals surface area contributed by atoms with Gasteiger partial charge in [0.2, 0.25) is 11.8 Å². The minimum atomic E-state index is -0.487. The molecule has 1 aliphatic heterocycles. The second-order valence-corrected chi connectivity index (χ2v) is 8.38. The number of para-hydroxylation sites is 1. The molecule has 168 valence electrons. The van der Waals surface area contributed by atoms with E-state index in [4.69, 9.17) is 0 Å². The standard InChI is InChI=1S/C27H27N3O3/c1-18-12-13-22(14-19(18)2)30-17-21(15-25(30)31)26(32)29-24-11-7-6-10-23(24)27(33)28-16-20-8-4-3-5-9-20/h3-14,21H,15-17H2,1-2H3,(H,28,33)(H,29,32)/t21-/m1/s1. The fourth-order valence-electron chi connectivity index (χ4n) is 3.92. The molecule has 1 heterocycles. The number of hydrogen-bond donors (Lipinski definition) is 2. The molecule has 0 unspecified atom stereocenters. The Bertz CT molecular complexity index is 1190. The number of rotatable bonds is 6. The highest BCUT2D eigenvalue weighted by atomic mass is 16.2. The number of benzene rings is 3. The van der Waals surface area contributed by atoms with Crippen LogP contribution in [0.4, 0.5) is 11.4 Å². The Balaban J connectivity index is 1.43. The van der Waals surface area contributed by atoms with Gasteiger partial charge >= 0.3 is 0 Å². The number of aryl methyl sites for hydroxylation is 2. The van der Waals surface area contributed by atoms with Crippen LogP contribution in [0.3, 0.4) is 0 Å². The Morgan fingerprint density at radius 2 is 1.67 bits per heavy atom. The van der Waals surface area contributed by atoms with Crippen molar-refractivity contribution in [3.8, 4) is 0 Å². The largest absolute Gasteiger partial charge is 0.348 e. The molecule has 6 heteroatoms. The molecule has 1 saturated heterocycles. The van der Waals surface area contributed by atoms with Crippen LogP contribution in [0.5, 0.6) is 0 Å². The van der Waals surface area contributed by atoms with Crippen molar-refractivity contribution in [3.05, 3.63) is 95.1 Å². The van der Waals surface area contributed by atoms with Gasteiger partial charge < -0.3 is 15.5 Å². The lowest BCUT2D eigenvalue weighted by Crippen LogP contribution is -2.29. The van der Waals surface area contributed by atoms with Crippen molar-refractivity contribution in [2.75, 3.05) is 16.8 Å². The van der Waals surface area contributed by atoms with Gasteiger partial charge in [-0.05, 0) is 54.8 Å². The van der Waals surface area contributed by atoms with Crippen molar-refractivity contribution in [2.45, 2.75) is 26.8 Å². The highest BCUT2D eigenvalue weighted by Gasteiger charge is 2.35. The van der Waals surface area contributed by atoms with Gasteiger partial charge in [-0.15, -0.1) is 0 Å². The molecule has 3 amide bonds. The number of carbonyl (C=O) groups excluding carboxylic acids is 3. The maximum Gasteiger partial charge on any atom is 0.253 e. The third kappa shape index (κ3) is 5.12. The Labute approximate surface area is 193 Å². The van der Waals surface area contributed by atoms with E-state index in [1.165, 1.54) is 0 Å². The zero-order valence-corrected chi connectivity index (χ0v) is 18.8. The van der Waals surface area contributed by atoms with Crippen LogP contribution in [-0.4, -0.2) is 24.3 Å². The van der Waals surface area contributed by atoms with Gasteiger partial charge in [0.05, 0.1) is 17.2 Å². The zero-order chi connectivity index (χ0) is 23.4. The lowest BCUT2D eigenvalue weighted by atomic mass is 10.1. The van der Waals surface area contributed by atoms with Gasteiger partial charge in [0.1, 0.15) is 0 Å². The van der Waals surface area contributed by atoms with Gasteiger partial charge in [0.25, 0.3) is 5.91 Å². The van der Waals surface area contributed by atoms with Crippen LogP contribution in [0.2, 0.25) is 0 Å². The molecule has 1 fully saturated rings. The summed E-state index contributed by atoms with van der Waals surface area (Å²) in [6.07, 6.45) is 0.140. The fraction of sp³-hybridized carbons (Fsp3) is 0.222. The molecule has 4 rings (SSSR count). The Morgan fingerprint density at radius 1 is 0.939 bits per heavy atom. The highest BCUT2D eigenvalue weighted by molar-refractivity contribution is 6.07. The molecule has 2 N–H and O–H groups in total. The topological polar surface area (TPSA) is 78.5 Å². The van der Waals surface area contributed by atoms with E-state index in [0.717, 1.165) is 22.4 Å². The van der Waals surface area contributed by atoms with Gasteiger partial charge in [0.15, 0.2) is 0 Å². The van der Waals surface area contributed by atoms with Gasteiger partial charge in [-0.1, -0.05) is 48.5 Å². The molecular formula is C27H27N3O3. The smallest absolute Gasteiger partial charge is 0.253 e. The van der Waals surface area contributed by atoms with Crippen molar-refractivity contribution in [1.29, 1.82) is 0 Å². The van der Waals surface area contributed by atoms with Crippen LogP contribution >= 0.6 is 0 Å². The van der Waals surface area contributed by atoms with E-state index in [2.05, 4.69) is 10.6 Å². The predicted molar refractivity (Wildman–Crippen MR) is 129 cm³/mol. The minimum Gasteiger partial charge on any atom is -0.348 e. The third-order valence-corrected chi connectivity index (χ3v) is 6.02. The monoisotopic (exact) mass is 441 g/mol. The number of anilines is 2. The van der Waals surface area contributed by atoms with Gasteiger partial charge in [-0.3, -0.25) is 14.4 Å². The summed E-state index contributed by atoms with van der Waals surface area (Å²) in [6.45, 7) is 4.73. The molecule has 3 aromatic rings. The zero-order valence-electron chi connectivity index (χ0n) is 18.8. The number of hydrogen-bond acceptors (Lipinski definition) is 3. The summed E-state index contributed by atoms with van der Waals surface area (Å²) in [4.78, 5) is 40.0. The van der Waals surface area contributed by atoms with Crippen LogP contribution in [-0.2, 0) is 16.1 Å². The van der Waals surface area contributed by atoms with Crippen LogP contribution in [0, 0.1) is 19.8 Å². The van der Waals surface area contributed by atoms with Crippen molar-refractivity contribution in [3.63, 3.8) is 0 Å². The summed E-state index contributed by atoms with van der Waals surface area (Å²) in [5.74, 6) is -1.10.